The third-order valence-electron chi connectivity index (χ3n) is 6.40. The summed E-state index contributed by atoms with van der Waals surface area (Å²) in [5.41, 5.74) is 5.32. The Bertz CT molecular complexity index is 1220. The molecular formula is C24H26N4O3S. The second-order valence-electron chi connectivity index (χ2n) is 8.31. The smallest absolute Gasteiger partial charge is 0.311 e. The number of rotatable bonds is 5. The van der Waals surface area contributed by atoms with Gasteiger partial charge < -0.3 is 9.47 Å². The second-order valence-corrected chi connectivity index (χ2v) is 9.51. The number of fused-ring (bicyclic) bond motifs is 3. The highest BCUT2D eigenvalue weighted by Crippen LogP contribution is 2.41. The number of carbonyl (C=O) groups excluding carboxylic acids is 1. The van der Waals surface area contributed by atoms with Crippen molar-refractivity contribution < 1.29 is 14.3 Å². The van der Waals surface area contributed by atoms with Gasteiger partial charge in [0.15, 0.2) is 5.82 Å². The SMILES string of the molecule is CCC(C(=O)OC)C1N=C(c2ccc(C3CO3)cc2)c2c(sc(C)c2C)-n2c(C)nnc21. The molecule has 1 aromatic carbocycles. The van der Waals surface area contributed by atoms with Crippen LogP contribution >= 0.6 is 11.3 Å². The van der Waals surface area contributed by atoms with Gasteiger partial charge in [-0.3, -0.25) is 14.4 Å². The predicted octanol–water partition coefficient (Wildman–Crippen LogP) is 4.42. The Morgan fingerprint density at radius 3 is 2.59 bits per heavy atom. The maximum absolute atomic E-state index is 12.7. The normalized spacial score (nSPS) is 20.1. The number of methoxy groups -OCH3 is 1. The number of hydrogen-bond donors (Lipinski definition) is 0. The molecule has 1 saturated heterocycles. The van der Waals surface area contributed by atoms with E-state index < -0.39 is 12.0 Å². The molecule has 8 heteroatoms. The highest BCUT2D eigenvalue weighted by Gasteiger charge is 2.38. The number of nitrogens with zero attached hydrogens (tertiary/aromatic N) is 4. The Balaban J connectivity index is 1.75. The molecule has 32 heavy (non-hydrogen) atoms. The number of esters is 1. The molecule has 166 valence electrons. The first-order chi connectivity index (χ1) is 15.4. The maximum atomic E-state index is 12.7. The van der Waals surface area contributed by atoms with Gasteiger partial charge in [0.05, 0.1) is 25.3 Å². The van der Waals surface area contributed by atoms with Crippen LogP contribution in [0.15, 0.2) is 29.3 Å². The number of thiophene rings is 1. The lowest BCUT2D eigenvalue weighted by Crippen LogP contribution is -2.24. The van der Waals surface area contributed by atoms with Crippen LogP contribution in [-0.4, -0.2) is 40.2 Å². The first-order valence-electron chi connectivity index (χ1n) is 10.8. The number of aromatic nitrogens is 3. The van der Waals surface area contributed by atoms with E-state index in [1.54, 1.807) is 11.3 Å². The zero-order chi connectivity index (χ0) is 22.6. The number of ether oxygens (including phenoxy) is 2. The van der Waals surface area contributed by atoms with Crippen molar-refractivity contribution in [1.29, 1.82) is 0 Å². The van der Waals surface area contributed by atoms with E-state index in [1.165, 1.54) is 23.1 Å². The zero-order valence-corrected chi connectivity index (χ0v) is 19.7. The molecule has 7 nitrogen and oxygen atoms in total. The van der Waals surface area contributed by atoms with E-state index in [1.807, 2.05) is 13.8 Å². The summed E-state index contributed by atoms with van der Waals surface area (Å²) in [6, 6.07) is 7.91. The van der Waals surface area contributed by atoms with Gasteiger partial charge in [-0.1, -0.05) is 31.2 Å². The number of aryl methyl sites for hydroxylation is 2. The van der Waals surface area contributed by atoms with Crippen molar-refractivity contribution >= 4 is 23.0 Å². The fraction of sp³-hybridized carbons (Fsp3) is 0.417. The minimum atomic E-state index is -0.491. The van der Waals surface area contributed by atoms with Gasteiger partial charge in [0.2, 0.25) is 0 Å². The molecule has 5 rings (SSSR count). The molecule has 4 heterocycles. The molecule has 0 saturated carbocycles. The van der Waals surface area contributed by atoms with Crippen molar-refractivity contribution in [1.82, 2.24) is 14.8 Å². The molecule has 0 N–H and O–H groups in total. The number of epoxide rings is 1. The van der Waals surface area contributed by atoms with Crippen molar-refractivity contribution in [3.63, 3.8) is 0 Å². The van der Waals surface area contributed by atoms with E-state index in [-0.39, 0.29) is 12.1 Å². The van der Waals surface area contributed by atoms with Crippen LogP contribution in [-0.2, 0) is 14.3 Å². The lowest BCUT2D eigenvalue weighted by Gasteiger charge is -2.20. The van der Waals surface area contributed by atoms with E-state index in [4.69, 9.17) is 14.5 Å². The minimum Gasteiger partial charge on any atom is -0.469 e. The lowest BCUT2D eigenvalue weighted by molar-refractivity contribution is -0.146. The molecule has 3 aromatic rings. The third kappa shape index (κ3) is 3.29. The number of aliphatic imine (C=N–C) groups is 1. The van der Waals surface area contributed by atoms with Crippen molar-refractivity contribution in [2.75, 3.05) is 13.7 Å². The Morgan fingerprint density at radius 1 is 1.25 bits per heavy atom. The fourth-order valence-electron chi connectivity index (χ4n) is 4.38. The van der Waals surface area contributed by atoms with Gasteiger partial charge >= 0.3 is 5.97 Å². The topological polar surface area (TPSA) is 81.9 Å². The molecular weight excluding hydrogens is 424 g/mol. The van der Waals surface area contributed by atoms with Crippen LogP contribution in [0.2, 0.25) is 0 Å². The van der Waals surface area contributed by atoms with Crippen molar-refractivity contribution in [2.24, 2.45) is 10.9 Å². The average Bonchev–Trinajstić information content (AvgIpc) is 3.54. The summed E-state index contributed by atoms with van der Waals surface area (Å²) in [6.45, 7) is 8.95. The third-order valence-corrected chi connectivity index (χ3v) is 7.60. The van der Waals surface area contributed by atoms with Gasteiger partial charge in [-0.15, -0.1) is 21.5 Å². The quantitative estimate of drug-likeness (QED) is 0.425. The monoisotopic (exact) mass is 450 g/mol. The van der Waals surface area contributed by atoms with Crippen LogP contribution in [0.25, 0.3) is 5.00 Å². The van der Waals surface area contributed by atoms with E-state index in [9.17, 15) is 4.79 Å². The fourth-order valence-corrected chi connectivity index (χ4v) is 5.60. The first kappa shape index (κ1) is 21.0. The highest BCUT2D eigenvalue weighted by molar-refractivity contribution is 7.15. The van der Waals surface area contributed by atoms with Crippen LogP contribution in [0, 0.1) is 26.7 Å². The van der Waals surface area contributed by atoms with Gasteiger partial charge in [0.1, 0.15) is 23.0 Å². The maximum Gasteiger partial charge on any atom is 0.311 e. The van der Waals surface area contributed by atoms with Crippen LogP contribution in [0.1, 0.15) is 64.3 Å². The lowest BCUT2D eigenvalue weighted by atomic mass is 9.95. The predicted molar refractivity (Wildman–Crippen MR) is 123 cm³/mol. The molecule has 0 radical (unpaired) electrons. The molecule has 0 bridgehead atoms. The van der Waals surface area contributed by atoms with E-state index in [2.05, 4.69) is 52.9 Å². The van der Waals surface area contributed by atoms with E-state index in [0.717, 1.165) is 34.3 Å². The van der Waals surface area contributed by atoms with E-state index in [0.29, 0.717) is 12.2 Å². The van der Waals surface area contributed by atoms with Gasteiger partial charge in [0.25, 0.3) is 0 Å². The van der Waals surface area contributed by atoms with E-state index >= 15 is 0 Å². The highest BCUT2D eigenvalue weighted by atomic mass is 32.1. The minimum absolute atomic E-state index is 0.205. The van der Waals surface area contributed by atoms with Crippen LogP contribution in [0.4, 0.5) is 0 Å². The summed E-state index contributed by atoms with van der Waals surface area (Å²) in [5.74, 6) is 0.726. The summed E-state index contributed by atoms with van der Waals surface area (Å²) in [4.78, 5) is 19.2. The molecule has 2 aliphatic rings. The molecule has 0 amide bonds. The summed E-state index contributed by atoms with van der Waals surface area (Å²) >= 11 is 1.71. The number of benzene rings is 1. The van der Waals surface area contributed by atoms with Gasteiger partial charge in [-0.25, -0.2) is 0 Å². The van der Waals surface area contributed by atoms with Gasteiger partial charge in [-0.2, -0.15) is 0 Å². The number of carbonyl (C=O) groups is 1. The molecule has 3 unspecified atom stereocenters. The van der Waals surface area contributed by atoms with Crippen LogP contribution < -0.4 is 0 Å². The Hall–Kier alpha value is -2.84. The van der Waals surface area contributed by atoms with Crippen molar-refractivity contribution in [2.45, 2.75) is 46.3 Å². The Kier molecular flexibility index (Phi) is 5.22. The average molecular weight is 451 g/mol. The summed E-state index contributed by atoms with van der Waals surface area (Å²) in [5, 5.41) is 9.88. The molecule has 3 atom stereocenters. The van der Waals surface area contributed by atoms with Crippen molar-refractivity contribution in [3.05, 3.63) is 63.0 Å². The molecule has 0 spiro atoms. The number of hydrogen-bond acceptors (Lipinski definition) is 7. The molecule has 0 aliphatic carbocycles. The van der Waals surface area contributed by atoms with Gasteiger partial charge in [0, 0.05) is 16.0 Å². The first-order valence-corrected chi connectivity index (χ1v) is 11.7. The molecule has 1 fully saturated rings. The van der Waals surface area contributed by atoms with Crippen LogP contribution in [0.5, 0.6) is 0 Å². The standard InChI is InChI=1S/C24H26N4O3S/c1-6-17(24(29)30-5)21-22-27-26-14(4)28(22)23-19(12(2)13(3)32-23)20(25-21)16-9-7-15(8-10-16)18-11-31-18/h7-10,17-18,21H,6,11H2,1-5H3. The Labute approximate surface area is 191 Å². The zero-order valence-electron chi connectivity index (χ0n) is 18.9. The summed E-state index contributed by atoms with van der Waals surface area (Å²) < 4.78 is 12.6. The molecule has 2 aromatic heterocycles. The summed E-state index contributed by atoms with van der Waals surface area (Å²) in [6.07, 6.45) is 0.792. The summed E-state index contributed by atoms with van der Waals surface area (Å²) in [7, 11) is 1.42. The molecule has 2 aliphatic heterocycles. The largest absolute Gasteiger partial charge is 0.469 e. The Morgan fingerprint density at radius 2 is 1.97 bits per heavy atom. The van der Waals surface area contributed by atoms with Gasteiger partial charge in [-0.05, 0) is 38.3 Å². The second kappa shape index (κ2) is 7.94. The van der Waals surface area contributed by atoms with Crippen LogP contribution in [0.3, 0.4) is 0 Å². The van der Waals surface area contributed by atoms with Crippen molar-refractivity contribution in [3.8, 4) is 5.00 Å².